The summed E-state index contributed by atoms with van der Waals surface area (Å²) in [6.07, 6.45) is 1.11. The highest BCUT2D eigenvalue weighted by atomic mass is 35.5. The van der Waals surface area contributed by atoms with Gasteiger partial charge in [-0.15, -0.1) is 0 Å². The van der Waals surface area contributed by atoms with E-state index in [0.29, 0.717) is 30.2 Å². The molecule has 0 atom stereocenters. The third-order valence-electron chi connectivity index (χ3n) is 3.15. The molecule has 0 aliphatic heterocycles. The molecule has 0 radical (unpaired) electrons. The van der Waals surface area contributed by atoms with E-state index in [0.717, 1.165) is 12.0 Å². The third kappa shape index (κ3) is 5.74. The predicted molar refractivity (Wildman–Crippen MR) is 87.7 cm³/mol. The molecule has 116 valence electrons. The molecule has 2 aromatic rings. The van der Waals surface area contributed by atoms with Gasteiger partial charge in [-0.1, -0.05) is 29.8 Å². The smallest absolute Gasteiger partial charge is 0.221 e. The Balaban J connectivity index is 1.62. The molecule has 0 saturated carbocycles. The van der Waals surface area contributed by atoms with Gasteiger partial charge < -0.3 is 10.6 Å². The molecule has 0 fully saturated rings. The Bertz CT molecular complexity index is 616. The number of carbonyl (C=O) groups is 1. The van der Waals surface area contributed by atoms with Gasteiger partial charge in [0.15, 0.2) is 0 Å². The minimum Gasteiger partial charge on any atom is -0.384 e. The van der Waals surface area contributed by atoms with Gasteiger partial charge in [0, 0.05) is 30.2 Å². The summed E-state index contributed by atoms with van der Waals surface area (Å²) in [4.78, 5) is 11.7. The van der Waals surface area contributed by atoms with Crippen molar-refractivity contribution in [2.45, 2.75) is 12.8 Å². The van der Waals surface area contributed by atoms with Crippen molar-refractivity contribution in [3.8, 4) is 0 Å². The van der Waals surface area contributed by atoms with Gasteiger partial charge in [0.2, 0.25) is 5.91 Å². The SMILES string of the molecule is O=C(CCNc1cccc(F)c1)NCCc1ccc(Cl)cc1. The number of nitrogens with one attached hydrogen (secondary N) is 2. The maximum absolute atomic E-state index is 13.0. The molecule has 2 N–H and O–H groups in total. The molecule has 0 bridgehead atoms. The fraction of sp³-hybridized carbons (Fsp3) is 0.235. The molecule has 3 nitrogen and oxygen atoms in total. The Morgan fingerprint density at radius 3 is 2.59 bits per heavy atom. The third-order valence-corrected chi connectivity index (χ3v) is 3.41. The summed E-state index contributed by atoms with van der Waals surface area (Å²) in [5.74, 6) is -0.324. The average molecular weight is 321 g/mol. The van der Waals surface area contributed by atoms with Gasteiger partial charge in [0.1, 0.15) is 5.82 Å². The number of benzene rings is 2. The first-order valence-corrected chi connectivity index (χ1v) is 7.52. The Kier molecular flexibility index (Phi) is 6.22. The molecule has 2 aromatic carbocycles. The maximum atomic E-state index is 13.0. The van der Waals surface area contributed by atoms with Crippen molar-refractivity contribution >= 4 is 23.2 Å². The van der Waals surface area contributed by atoms with Gasteiger partial charge in [-0.3, -0.25) is 4.79 Å². The van der Waals surface area contributed by atoms with Crippen LogP contribution in [0.3, 0.4) is 0 Å². The largest absolute Gasteiger partial charge is 0.384 e. The Morgan fingerprint density at radius 1 is 1.09 bits per heavy atom. The van der Waals surface area contributed by atoms with E-state index in [1.165, 1.54) is 12.1 Å². The zero-order valence-corrected chi connectivity index (χ0v) is 12.9. The second-order valence-electron chi connectivity index (χ2n) is 4.91. The van der Waals surface area contributed by atoms with Crippen LogP contribution < -0.4 is 10.6 Å². The second kappa shape index (κ2) is 8.39. The van der Waals surface area contributed by atoms with Crippen LogP contribution in [0.4, 0.5) is 10.1 Å². The molecule has 2 rings (SSSR count). The van der Waals surface area contributed by atoms with E-state index in [-0.39, 0.29) is 11.7 Å². The van der Waals surface area contributed by atoms with E-state index in [4.69, 9.17) is 11.6 Å². The first-order chi connectivity index (χ1) is 10.6. The number of amides is 1. The molecular formula is C17H18ClFN2O. The standard InChI is InChI=1S/C17H18ClFN2O/c18-14-6-4-13(5-7-14)8-10-21-17(22)9-11-20-16-3-1-2-15(19)12-16/h1-7,12,20H,8-11H2,(H,21,22). The van der Waals surface area contributed by atoms with Crippen LogP contribution in [-0.2, 0) is 11.2 Å². The van der Waals surface area contributed by atoms with Crippen LogP contribution in [0, 0.1) is 5.82 Å². The lowest BCUT2D eigenvalue weighted by Crippen LogP contribution is -2.27. The monoisotopic (exact) mass is 320 g/mol. The van der Waals surface area contributed by atoms with Crippen LogP contribution in [0.5, 0.6) is 0 Å². The summed E-state index contributed by atoms with van der Waals surface area (Å²) >= 11 is 5.81. The average Bonchev–Trinajstić information content (AvgIpc) is 2.49. The summed E-state index contributed by atoms with van der Waals surface area (Å²) in [7, 11) is 0. The summed E-state index contributed by atoms with van der Waals surface area (Å²) in [5, 5.41) is 6.58. The minimum absolute atomic E-state index is 0.0298. The fourth-order valence-electron chi connectivity index (χ4n) is 2.00. The van der Waals surface area contributed by atoms with Crippen LogP contribution >= 0.6 is 11.6 Å². The topological polar surface area (TPSA) is 41.1 Å². The van der Waals surface area contributed by atoms with Crippen LogP contribution in [0.1, 0.15) is 12.0 Å². The summed E-state index contributed by atoms with van der Waals surface area (Å²) in [6.45, 7) is 1.05. The van der Waals surface area contributed by atoms with E-state index in [1.54, 1.807) is 12.1 Å². The number of anilines is 1. The number of carbonyl (C=O) groups excluding carboxylic acids is 1. The van der Waals surface area contributed by atoms with E-state index in [9.17, 15) is 9.18 Å². The lowest BCUT2D eigenvalue weighted by Gasteiger charge is -2.08. The zero-order chi connectivity index (χ0) is 15.8. The lowest BCUT2D eigenvalue weighted by molar-refractivity contribution is -0.120. The van der Waals surface area contributed by atoms with Gasteiger partial charge in [0.05, 0.1) is 0 Å². The molecule has 0 aliphatic carbocycles. The van der Waals surface area contributed by atoms with Crippen molar-refractivity contribution in [2.24, 2.45) is 0 Å². The van der Waals surface area contributed by atoms with Gasteiger partial charge in [-0.2, -0.15) is 0 Å². The van der Waals surface area contributed by atoms with Crippen molar-refractivity contribution in [1.82, 2.24) is 5.32 Å². The highest BCUT2D eigenvalue weighted by Crippen LogP contribution is 2.10. The molecule has 0 heterocycles. The molecule has 0 aromatic heterocycles. The summed E-state index contributed by atoms with van der Waals surface area (Å²) in [5.41, 5.74) is 1.80. The van der Waals surface area contributed by atoms with Gasteiger partial charge in [-0.25, -0.2) is 4.39 Å². The highest BCUT2D eigenvalue weighted by Gasteiger charge is 2.01. The molecule has 5 heteroatoms. The summed E-state index contributed by atoms with van der Waals surface area (Å²) in [6, 6.07) is 13.7. The first-order valence-electron chi connectivity index (χ1n) is 7.14. The lowest BCUT2D eigenvalue weighted by atomic mass is 10.1. The Hall–Kier alpha value is -2.07. The molecule has 0 spiro atoms. The van der Waals surface area contributed by atoms with Gasteiger partial charge in [0.25, 0.3) is 0 Å². The Labute approximate surface area is 134 Å². The van der Waals surface area contributed by atoms with E-state index in [1.807, 2.05) is 24.3 Å². The van der Waals surface area contributed by atoms with Crippen molar-refractivity contribution in [3.63, 3.8) is 0 Å². The minimum atomic E-state index is -0.294. The van der Waals surface area contributed by atoms with Crippen molar-refractivity contribution in [1.29, 1.82) is 0 Å². The Morgan fingerprint density at radius 2 is 1.86 bits per heavy atom. The zero-order valence-electron chi connectivity index (χ0n) is 12.1. The normalized spacial score (nSPS) is 10.3. The maximum Gasteiger partial charge on any atom is 0.221 e. The van der Waals surface area contributed by atoms with Crippen LogP contribution in [0.15, 0.2) is 48.5 Å². The molecule has 22 heavy (non-hydrogen) atoms. The number of rotatable bonds is 7. The summed E-state index contributed by atoms with van der Waals surface area (Å²) < 4.78 is 13.0. The van der Waals surface area contributed by atoms with E-state index < -0.39 is 0 Å². The van der Waals surface area contributed by atoms with Crippen molar-refractivity contribution in [2.75, 3.05) is 18.4 Å². The predicted octanol–water partition coefficient (Wildman–Crippen LogP) is 3.64. The van der Waals surface area contributed by atoms with E-state index in [2.05, 4.69) is 10.6 Å². The highest BCUT2D eigenvalue weighted by molar-refractivity contribution is 6.30. The van der Waals surface area contributed by atoms with Crippen molar-refractivity contribution < 1.29 is 9.18 Å². The molecule has 0 aliphatic rings. The van der Waals surface area contributed by atoms with Crippen molar-refractivity contribution in [3.05, 3.63) is 64.9 Å². The fourth-order valence-corrected chi connectivity index (χ4v) is 2.13. The molecular weight excluding hydrogens is 303 g/mol. The molecule has 0 unspecified atom stereocenters. The van der Waals surface area contributed by atoms with Crippen LogP contribution in [-0.4, -0.2) is 19.0 Å². The van der Waals surface area contributed by atoms with Gasteiger partial charge >= 0.3 is 0 Å². The number of halogens is 2. The number of hydrogen-bond donors (Lipinski definition) is 2. The quantitative estimate of drug-likeness (QED) is 0.817. The number of hydrogen-bond acceptors (Lipinski definition) is 2. The van der Waals surface area contributed by atoms with Crippen LogP contribution in [0.25, 0.3) is 0 Å². The second-order valence-corrected chi connectivity index (χ2v) is 5.35. The van der Waals surface area contributed by atoms with Gasteiger partial charge in [-0.05, 0) is 42.3 Å². The van der Waals surface area contributed by atoms with Crippen LogP contribution in [0.2, 0.25) is 5.02 Å². The van der Waals surface area contributed by atoms with E-state index >= 15 is 0 Å². The molecule has 0 saturated heterocycles. The first kappa shape index (κ1) is 16.3. The molecule has 1 amide bonds.